The first-order valence-corrected chi connectivity index (χ1v) is 7.59. The van der Waals surface area contributed by atoms with Gasteiger partial charge in [0.15, 0.2) is 0 Å². The van der Waals surface area contributed by atoms with E-state index >= 15 is 0 Å². The molecule has 1 aromatic rings. The number of carbonyl (C=O) groups is 1. The summed E-state index contributed by atoms with van der Waals surface area (Å²) in [7, 11) is 0. The van der Waals surface area contributed by atoms with Crippen molar-refractivity contribution in [3.05, 3.63) is 29.3 Å². The van der Waals surface area contributed by atoms with Crippen LogP contribution in [0.15, 0.2) is 18.2 Å². The number of fused-ring (bicyclic) bond motifs is 1. The molecule has 2 atom stereocenters. The lowest BCUT2D eigenvalue weighted by Gasteiger charge is -2.10. The molecule has 0 saturated heterocycles. The van der Waals surface area contributed by atoms with Gasteiger partial charge in [0.25, 0.3) is 0 Å². The van der Waals surface area contributed by atoms with Crippen molar-refractivity contribution in [2.75, 3.05) is 13.2 Å². The molecule has 1 aliphatic heterocycles. The molecule has 0 fully saturated rings. The standard InChI is InChI=1S/C17H23NO4/c1-4-21-15-9-14-7-12(3)22-16(14)8-13(15)5-6-17(20)18-11(2)10-19/h5-6,8-9,11-12,19H,4,7,10H2,1-3H3,(H,18,20)/b6-5+. The van der Waals surface area contributed by atoms with Crippen LogP contribution in [0.25, 0.3) is 6.08 Å². The lowest BCUT2D eigenvalue weighted by Crippen LogP contribution is -2.33. The van der Waals surface area contributed by atoms with Gasteiger partial charge in [-0.2, -0.15) is 0 Å². The molecule has 2 rings (SSSR count). The number of aliphatic hydroxyl groups excluding tert-OH is 1. The number of aliphatic hydroxyl groups is 1. The molecule has 1 aliphatic rings. The van der Waals surface area contributed by atoms with E-state index < -0.39 is 0 Å². The topological polar surface area (TPSA) is 67.8 Å². The highest BCUT2D eigenvalue weighted by Gasteiger charge is 2.21. The Balaban J connectivity index is 2.19. The number of hydrogen-bond donors (Lipinski definition) is 2. The predicted octanol–water partition coefficient (Wildman–Crippen LogP) is 1.92. The zero-order valence-corrected chi connectivity index (χ0v) is 13.3. The van der Waals surface area contributed by atoms with Gasteiger partial charge in [0.2, 0.25) is 5.91 Å². The van der Waals surface area contributed by atoms with Gasteiger partial charge < -0.3 is 19.9 Å². The van der Waals surface area contributed by atoms with E-state index in [0.29, 0.717) is 6.61 Å². The molecule has 0 aliphatic carbocycles. The van der Waals surface area contributed by atoms with Crippen molar-refractivity contribution >= 4 is 12.0 Å². The largest absolute Gasteiger partial charge is 0.493 e. The van der Waals surface area contributed by atoms with E-state index in [1.165, 1.54) is 6.08 Å². The van der Waals surface area contributed by atoms with Gasteiger partial charge >= 0.3 is 0 Å². The molecule has 1 aromatic carbocycles. The molecule has 0 saturated carbocycles. The van der Waals surface area contributed by atoms with Crippen molar-refractivity contribution < 1.29 is 19.4 Å². The van der Waals surface area contributed by atoms with Crippen LogP contribution in [0.4, 0.5) is 0 Å². The monoisotopic (exact) mass is 305 g/mol. The number of nitrogens with one attached hydrogen (secondary N) is 1. The van der Waals surface area contributed by atoms with Crippen LogP contribution in [0.3, 0.4) is 0 Å². The highest BCUT2D eigenvalue weighted by Crippen LogP contribution is 2.35. The first-order valence-electron chi connectivity index (χ1n) is 7.59. The molecular weight excluding hydrogens is 282 g/mol. The molecular formula is C17H23NO4. The molecule has 0 radical (unpaired) electrons. The normalized spacial score (nSPS) is 17.9. The number of ether oxygens (including phenoxy) is 2. The highest BCUT2D eigenvalue weighted by molar-refractivity contribution is 5.92. The lowest BCUT2D eigenvalue weighted by atomic mass is 10.1. The third-order valence-electron chi connectivity index (χ3n) is 3.41. The maximum atomic E-state index is 11.8. The van der Waals surface area contributed by atoms with Gasteiger partial charge in [-0.1, -0.05) is 0 Å². The molecule has 1 heterocycles. The molecule has 2 N–H and O–H groups in total. The van der Waals surface area contributed by atoms with E-state index in [2.05, 4.69) is 5.32 Å². The van der Waals surface area contributed by atoms with Crippen LogP contribution < -0.4 is 14.8 Å². The summed E-state index contributed by atoms with van der Waals surface area (Å²) in [6.07, 6.45) is 4.18. The highest BCUT2D eigenvalue weighted by atomic mass is 16.5. The second kappa shape index (κ2) is 7.31. The maximum Gasteiger partial charge on any atom is 0.244 e. The van der Waals surface area contributed by atoms with Crippen LogP contribution in [0.1, 0.15) is 31.9 Å². The van der Waals surface area contributed by atoms with Crippen LogP contribution >= 0.6 is 0 Å². The minimum Gasteiger partial charge on any atom is -0.493 e. The second-order valence-electron chi connectivity index (χ2n) is 5.49. The Hall–Kier alpha value is -2.01. The van der Waals surface area contributed by atoms with Crippen LogP contribution in [0, 0.1) is 0 Å². The zero-order chi connectivity index (χ0) is 16.1. The van der Waals surface area contributed by atoms with Gasteiger partial charge in [0, 0.05) is 29.7 Å². The fourth-order valence-electron chi connectivity index (χ4n) is 2.37. The van der Waals surface area contributed by atoms with Crippen LogP contribution in [0.2, 0.25) is 0 Å². The van der Waals surface area contributed by atoms with Gasteiger partial charge in [-0.05, 0) is 39.0 Å². The summed E-state index contributed by atoms with van der Waals surface area (Å²) >= 11 is 0. The van der Waals surface area contributed by atoms with Crippen molar-refractivity contribution in [3.8, 4) is 11.5 Å². The van der Waals surface area contributed by atoms with E-state index in [4.69, 9.17) is 14.6 Å². The lowest BCUT2D eigenvalue weighted by molar-refractivity contribution is -0.117. The fourth-order valence-corrected chi connectivity index (χ4v) is 2.37. The average molecular weight is 305 g/mol. The average Bonchev–Trinajstić information content (AvgIpc) is 2.84. The summed E-state index contributed by atoms with van der Waals surface area (Å²) in [4.78, 5) is 11.8. The Morgan fingerprint density at radius 1 is 1.59 bits per heavy atom. The Kier molecular flexibility index (Phi) is 5.44. The van der Waals surface area contributed by atoms with Crippen LogP contribution in [-0.4, -0.2) is 36.4 Å². The van der Waals surface area contributed by atoms with Gasteiger partial charge in [-0.15, -0.1) is 0 Å². The second-order valence-corrected chi connectivity index (χ2v) is 5.49. The summed E-state index contributed by atoms with van der Waals surface area (Å²) in [6, 6.07) is 3.62. The predicted molar refractivity (Wildman–Crippen MR) is 85.1 cm³/mol. The van der Waals surface area contributed by atoms with Crippen LogP contribution in [-0.2, 0) is 11.2 Å². The summed E-state index contributed by atoms with van der Waals surface area (Å²) < 4.78 is 11.4. The van der Waals surface area contributed by atoms with E-state index in [-0.39, 0.29) is 24.7 Å². The first kappa shape index (κ1) is 16.4. The Morgan fingerprint density at radius 2 is 2.36 bits per heavy atom. The van der Waals surface area contributed by atoms with E-state index in [0.717, 1.165) is 29.0 Å². The van der Waals surface area contributed by atoms with Crippen molar-refractivity contribution in [2.24, 2.45) is 0 Å². The van der Waals surface area contributed by atoms with Gasteiger partial charge in [-0.25, -0.2) is 0 Å². The number of hydrogen-bond acceptors (Lipinski definition) is 4. The molecule has 0 aromatic heterocycles. The molecule has 0 bridgehead atoms. The number of rotatable bonds is 6. The minimum absolute atomic E-state index is 0.0889. The van der Waals surface area contributed by atoms with Crippen molar-refractivity contribution in [2.45, 2.75) is 39.3 Å². The third kappa shape index (κ3) is 4.01. The first-order chi connectivity index (χ1) is 10.5. The molecule has 5 nitrogen and oxygen atoms in total. The quantitative estimate of drug-likeness (QED) is 0.788. The summed E-state index contributed by atoms with van der Waals surface area (Å²) in [5.74, 6) is 1.34. The molecule has 0 spiro atoms. The number of benzene rings is 1. The summed E-state index contributed by atoms with van der Waals surface area (Å²) in [6.45, 7) is 6.16. The summed E-state index contributed by atoms with van der Waals surface area (Å²) in [5.41, 5.74) is 1.94. The molecule has 5 heteroatoms. The van der Waals surface area contributed by atoms with Crippen LogP contribution in [0.5, 0.6) is 11.5 Å². The Labute approximate surface area is 130 Å². The van der Waals surface area contributed by atoms with Gasteiger partial charge in [0.1, 0.15) is 17.6 Å². The molecule has 1 amide bonds. The molecule has 2 unspecified atom stereocenters. The zero-order valence-electron chi connectivity index (χ0n) is 13.3. The minimum atomic E-state index is -0.271. The molecule has 22 heavy (non-hydrogen) atoms. The Bertz CT molecular complexity index is 568. The van der Waals surface area contributed by atoms with Crippen molar-refractivity contribution in [1.82, 2.24) is 5.32 Å². The smallest absolute Gasteiger partial charge is 0.244 e. The van der Waals surface area contributed by atoms with E-state index in [9.17, 15) is 4.79 Å². The Morgan fingerprint density at radius 3 is 3.05 bits per heavy atom. The SMILES string of the molecule is CCOc1cc2c(cc1/C=C/C(=O)NC(C)CO)OC(C)C2. The van der Waals surface area contributed by atoms with E-state index in [1.807, 2.05) is 26.0 Å². The van der Waals surface area contributed by atoms with Crippen molar-refractivity contribution in [3.63, 3.8) is 0 Å². The van der Waals surface area contributed by atoms with E-state index in [1.54, 1.807) is 13.0 Å². The van der Waals surface area contributed by atoms with Gasteiger partial charge in [0.05, 0.1) is 13.2 Å². The third-order valence-corrected chi connectivity index (χ3v) is 3.41. The summed E-state index contributed by atoms with van der Waals surface area (Å²) in [5, 5.41) is 11.6. The molecule has 120 valence electrons. The number of carbonyl (C=O) groups excluding carboxylic acids is 1. The van der Waals surface area contributed by atoms with Gasteiger partial charge in [-0.3, -0.25) is 4.79 Å². The van der Waals surface area contributed by atoms with Crippen molar-refractivity contribution in [1.29, 1.82) is 0 Å². The fraction of sp³-hybridized carbons (Fsp3) is 0.471. The number of amides is 1. The maximum absolute atomic E-state index is 11.8.